The maximum atomic E-state index is 10.8. The van der Waals surface area contributed by atoms with E-state index in [2.05, 4.69) is 15.5 Å². The van der Waals surface area contributed by atoms with Crippen molar-refractivity contribution in [1.82, 2.24) is 9.47 Å². The van der Waals surface area contributed by atoms with Gasteiger partial charge in [-0.25, -0.2) is 4.89 Å². The van der Waals surface area contributed by atoms with Crippen molar-refractivity contribution in [2.75, 3.05) is 27.3 Å². The van der Waals surface area contributed by atoms with E-state index < -0.39 is 0 Å². The average Bonchev–Trinajstić information content (AvgIpc) is 3.31. The molecule has 8 nitrogen and oxygen atoms in total. The summed E-state index contributed by atoms with van der Waals surface area (Å²) in [6.07, 6.45) is 3.29. The second kappa shape index (κ2) is 11.8. The Morgan fingerprint density at radius 3 is 2.67 bits per heavy atom. The van der Waals surface area contributed by atoms with Crippen LogP contribution in [-0.2, 0) is 21.0 Å². The van der Waals surface area contributed by atoms with Crippen LogP contribution in [-0.4, -0.2) is 54.0 Å². The molecule has 0 saturated carbocycles. The normalized spacial score (nSPS) is 18.8. The van der Waals surface area contributed by atoms with Crippen LogP contribution in [0.4, 0.5) is 0 Å². The Kier molecular flexibility index (Phi) is 8.53. The molecule has 3 heterocycles. The quantitative estimate of drug-likeness (QED) is 0.378. The van der Waals surface area contributed by atoms with Gasteiger partial charge in [-0.3, -0.25) is 10.1 Å². The Labute approximate surface area is 215 Å². The molecule has 36 heavy (non-hydrogen) atoms. The number of piperidine rings is 1. The van der Waals surface area contributed by atoms with Crippen LogP contribution >= 0.6 is 11.6 Å². The molecule has 1 fully saturated rings. The molecule has 1 saturated heterocycles. The predicted octanol–water partition coefficient (Wildman–Crippen LogP) is 5.25. The fourth-order valence-corrected chi connectivity index (χ4v) is 4.85. The van der Waals surface area contributed by atoms with Crippen LogP contribution in [0.25, 0.3) is 5.69 Å². The number of amides is 1. The maximum absolute atomic E-state index is 10.8. The van der Waals surface area contributed by atoms with Crippen LogP contribution < -0.4 is 9.47 Å². The Hall–Kier alpha value is -3.04. The van der Waals surface area contributed by atoms with E-state index in [1.165, 1.54) is 6.92 Å². The SMILES string of the molecule is CC(=O)N1CCCC(OO)C1.COc1cccc(C2OCc3cccn3-c3ccc(Cl)cc32)c1OC. The molecule has 2 unspecified atom stereocenters. The second-order valence-electron chi connectivity index (χ2n) is 8.68. The summed E-state index contributed by atoms with van der Waals surface area (Å²) in [7, 11) is 3.27. The van der Waals surface area contributed by atoms with Crippen molar-refractivity contribution in [1.29, 1.82) is 0 Å². The van der Waals surface area contributed by atoms with E-state index in [1.54, 1.807) is 19.1 Å². The van der Waals surface area contributed by atoms with E-state index >= 15 is 0 Å². The molecule has 2 atom stereocenters. The smallest absolute Gasteiger partial charge is 0.219 e. The molecule has 192 valence electrons. The lowest BCUT2D eigenvalue weighted by Gasteiger charge is -2.29. The highest BCUT2D eigenvalue weighted by Crippen LogP contribution is 2.43. The highest BCUT2D eigenvalue weighted by atomic mass is 35.5. The number of hydrogen-bond acceptors (Lipinski definition) is 6. The molecule has 0 aliphatic carbocycles. The van der Waals surface area contributed by atoms with Gasteiger partial charge in [-0.1, -0.05) is 23.7 Å². The lowest BCUT2D eigenvalue weighted by Crippen LogP contribution is -2.41. The van der Waals surface area contributed by atoms with Crippen LogP contribution in [0.15, 0.2) is 54.7 Å². The molecular formula is C27H31ClN2O6. The fraction of sp³-hybridized carbons (Fsp3) is 0.370. The van der Waals surface area contributed by atoms with Gasteiger partial charge in [-0.05, 0) is 49.2 Å². The van der Waals surface area contributed by atoms with E-state index in [4.69, 9.17) is 31.1 Å². The van der Waals surface area contributed by atoms with Gasteiger partial charge in [-0.15, -0.1) is 0 Å². The minimum atomic E-state index is -0.307. The topological polar surface area (TPSA) is 82.4 Å². The molecule has 0 radical (unpaired) electrons. The van der Waals surface area contributed by atoms with Crippen molar-refractivity contribution >= 4 is 17.5 Å². The Balaban J connectivity index is 0.000000233. The van der Waals surface area contributed by atoms with E-state index in [0.717, 1.165) is 41.9 Å². The van der Waals surface area contributed by atoms with Crippen LogP contribution in [0.1, 0.15) is 42.7 Å². The second-order valence-corrected chi connectivity index (χ2v) is 9.12. The van der Waals surface area contributed by atoms with Gasteiger partial charge in [0.15, 0.2) is 11.5 Å². The molecule has 2 aromatic carbocycles. The third-order valence-electron chi connectivity index (χ3n) is 6.45. The number of halogens is 1. The molecule has 0 bridgehead atoms. The Morgan fingerprint density at radius 2 is 1.94 bits per heavy atom. The summed E-state index contributed by atoms with van der Waals surface area (Å²) in [6, 6.07) is 15.8. The first-order chi connectivity index (χ1) is 17.5. The number of hydrogen-bond donors (Lipinski definition) is 1. The molecule has 1 N–H and O–H groups in total. The van der Waals surface area contributed by atoms with Gasteiger partial charge in [0.1, 0.15) is 12.2 Å². The first kappa shape index (κ1) is 26.0. The van der Waals surface area contributed by atoms with Crippen molar-refractivity contribution in [3.63, 3.8) is 0 Å². The van der Waals surface area contributed by atoms with Gasteiger partial charge in [0.25, 0.3) is 0 Å². The van der Waals surface area contributed by atoms with Gasteiger partial charge in [0.2, 0.25) is 5.91 Å². The third kappa shape index (κ3) is 5.52. The summed E-state index contributed by atoms with van der Waals surface area (Å²) in [6.45, 7) is 3.32. The largest absolute Gasteiger partial charge is 0.493 e. The standard InChI is InChI=1S/C20H18ClNO3.C7H13NO3/c1-23-18-7-3-6-15(20(18)24-2)19-16-11-13(21)8-9-17(16)22-10-4-5-14(22)12-25-19;1-6(9)8-4-2-3-7(5-8)11-10/h3-11,19H,12H2,1-2H3;7,10H,2-5H2,1H3. The Morgan fingerprint density at radius 1 is 1.11 bits per heavy atom. The molecule has 1 aromatic heterocycles. The van der Waals surface area contributed by atoms with Gasteiger partial charge in [0.05, 0.1) is 26.5 Å². The zero-order chi connectivity index (χ0) is 25.7. The molecular weight excluding hydrogens is 484 g/mol. The van der Waals surface area contributed by atoms with Gasteiger partial charge >= 0.3 is 0 Å². The monoisotopic (exact) mass is 514 g/mol. The van der Waals surface area contributed by atoms with Crippen molar-refractivity contribution in [3.8, 4) is 17.2 Å². The number of nitrogens with zero attached hydrogens (tertiary/aromatic N) is 2. The minimum Gasteiger partial charge on any atom is -0.493 e. The summed E-state index contributed by atoms with van der Waals surface area (Å²) >= 11 is 6.30. The average molecular weight is 515 g/mol. The maximum Gasteiger partial charge on any atom is 0.219 e. The first-order valence-corrected chi connectivity index (χ1v) is 12.2. The van der Waals surface area contributed by atoms with E-state index in [-0.39, 0.29) is 18.1 Å². The van der Waals surface area contributed by atoms with Crippen LogP contribution in [0.5, 0.6) is 11.5 Å². The van der Waals surface area contributed by atoms with Crippen LogP contribution in [0.2, 0.25) is 5.02 Å². The predicted molar refractivity (Wildman–Crippen MR) is 136 cm³/mol. The zero-order valence-electron chi connectivity index (χ0n) is 20.6. The van der Waals surface area contributed by atoms with Crippen molar-refractivity contribution in [3.05, 3.63) is 76.6 Å². The summed E-state index contributed by atoms with van der Waals surface area (Å²) in [5.74, 6) is 1.40. The number of methoxy groups -OCH3 is 2. The lowest BCUT2D eigenvalue weighted by atomic mass is 9.98. The van der Waals surface area contributed by atoms with Crippen LogP contribution in [0, 0.1) is 0 Å². The number of carbonyl (C=O) groups is 1. The fourth-order valence-electron chi connectivity index (χ4n) is 4.67. The molecule has 9 heteroatoms. The van der Waals surface area contributed by atoms with Gasteiger partial charge in [0, 0.05) is 48.1 Å². The molecule has 2 aliphatic rings. The molecule has 1 amide bonds. The molecule has 0 spiro atoms. The third-order valence-corrected chi connectivity index (χ3v) is 6.69. The van der Waals surface area contributed by atoms with Gasteiger partial charge < -0.3 is 23.7 Å². The van der Waals surface area contributed by atoms with Gasteiger partial charge in [-0.2, -0.15) is 0 Å². The number of carbonyl (C=O) groups excluding carboxylic acids is 1. The summed E-state index contributed by atoms with van der Waals surface area (Å²) in [4.78, 5) is 16.7. The Bertz CT molecular complexity index is 1200. The van der Waals surface area contributed by atoms with E-state index in [0.29, 0.717) is 29.7 Å². The number of para-hydroxylation sites is 1. The summed E-state index contributed by atoms with van der Waals surface area (Å²) in [5.41, 5.74) is 4.05. The highest BCUT2D eigenvalue weighted by Gasteiger charge is 2.28. The number of rotatable bonds is 4. The minimum absolute atomic E-state index is 0.0479. The molecule has 5 rings (SSSR count). The number of likely N-dealkylation sites (tertiary alicyclic amines) is 1. The number of benzene rings is 2. The summed E-state index contributed by atoms with van der Waals surface area (Å²) < 4.78 is 19.5. The van der Waals surface area contributed by atoms with E-state index in [1.807, 2.05) is 48.7 Å². The van der Waals surface area contributed by atoms with Crippen molar-refractivity contribution in [2.24, 2.45) is 0 Å². The molecule has 2 aliphatic heterocycles. The first-order valence-electron chi connectivity index (χ1n) is 11.8. The number of ether oxygens (including phenoxy) is 3. The summed E-state index contributed by atoms with van der Waals surface area (Å²) in [5, 5.41) is 9.02. The lowest BCUT2D eigenvalue weighted by molar-refractivity contribution is -0.285. The van der Waals surface area contributed by atoms with Crippen LogP contribution in [0.3, 0.4) is 0 Å². The van der Waals surface area contributed by atoms with Crippen molar-refractivity contribution in [2.45, 2.75) is 38.6 Å². The molecule has 3 aromatic rings. The highest BCUT2D eigenvalue weighted by molar-refractivity contribution is 6.30. The number of fused-ring (bicyclic) bond motifs is 3. The number of aromatic nitrogens is 1. The zero-order valence-corrected chi connectivity index (χ0v) is 21.4. The van der Waals surface area contributed by atoms with E-state index in [9.17, 15) is 4.79 Å². The van der Waals surface area contributed by atoms with Crippen molar-refractivity contribution < 1.29 is 29.1 Å².